The molecule has 0 fully saturated rings. The van der Waals surface area contributed by atoms with E-state index >= 15 is 0 Å². The first kappa shape index (κ1) is 8.78. The molecule has 1 aromatic rings. The van der Waals surface area contributed by atoms with Crippen molar-refractivity contribution in [2.45, 2.75) is 6.92 Å². The summed E-state index contributed by atoms with van der Waals surface area (Å²) in [5.74, 6) is 1.02. The molecular formula is C10H14N2. The molecule has 64 valence electrons. The van der Waals surface area contributed by atoms with E-state index in [1.807, 2.05) is 56.3 Å². The van der Waals surface area contributed by atoms with Crippen LogP contribution in [0.5, 0.6) is 0 Å². The Bertz CT molecular complexity index is 262. The predicted octanol–water partition coefficient (Wildman–Crippen LogP) is 2.30. The molecule has 0 saturated carbocycles. The Morgan fingerprint density at radius 2 is 1.75 bits per heavy atom. The average Bonchev–Trinajstić information content (AvgIpc) is 2.06. The minimum absolute atomic E-state index is 1.00. The normalized spacial score (nSPS) is 11.4. The van der Waals surface area contributed by atoms with Crippen LogP contribution in [0, 0.1) is 0 Å². The first-order valence-corrected chi connectivity index (χ1v) is 3.98. The zero-order valence-electron chi connectivity index (χ0n) is 7.78. The van der Waals surface area contributed by atoms with Gasteiger partial charge in [0.1, 0.15) is 5.84 Å². The summed E-state index contributed by atoms with van der Waals surface area (Å²) in [7, 11) is 3.98. The maximum absolute atomic E-state index is 4.40. The van der Waals surface area contributed by atoms with Crippen LogP contribution < -0.4 is 0 Å². The number of aliphatic imine (C=N–C) groups is 1. The van der Waals surface area contributed by atoms with Gasteiger partial charge in [-0.3, -0.25) is 0 Å². The number of rotatable bonds is 1. The Labute approximate surface area is 73.5 Å². The molecule has 2 heteroatoms. The molecule has 0 amide bonds. The van der Waals surface area contributed by atoms with Gasteiger partial charge in [-0.2, -0.15) is 0 Å². The van der Waals surface area contributed by atoms with Crippen molar-refractivity contribution in [3.05, 3.63) is 30.3 Å². The van der Waals surface area contributed by atoms with Gasteiger partial charge >= 0.3 is 0 Å². The molecule has 2 nitrogen and oxygen atoms in total. The van der Waals surface area contributed by atoms with Gasteiger partial charge in [0.15, 0.2) is 0 Å². The number of hydrogen-bond acceptors (Lipinski definition) is 1. The van der Waals surface area contributed by atoms with E-state index in [0.29, 0.717) is 0 Å². The van der Waals surface area contributed by atoms with Gasteiger partial charge < -0.3 is 4.90 Å². The van der Waals surface area contributed by atoms with Crippen molar-refractivity contribution in [1.29, 1.82) is 0 Å². The molecule has 0 radical (unpaired) electrons. The lowest BCUT2D eigenvalue weighted by Gasteiger charge is -2.10. The van der Waals surface area contributed by atoms with Crippen molar-refractivity contribution in [2.75, 3.05) is 14.1 Å². The average molecular weight is 162 g/mol. The topological polar surface area (TPSA) is 15.6 Å². The van der Waals surface area contributed by atoms with Crippen LogP contribution in [0.1, 0.15) is 6.92 Å². The molecule has 1 aromatic carbocycles. The first-order valence-electron chi connectivity index (χ1n) is 3.98. The summed E-state index contributed by atoms with van der Waals surface area (Å²) in [6.45, 7) is 1.99. The van der Waals surface area contributed by atoms with Crippen LogP contribution in [0.3, 0.4) is 0 Å². The van der Waals surface area contributed by atoms with Gasteiger partial charge in [0, 0.05) is 14.1 Å². The van der Waals surface area contributed by atoms with E-state index in [4.69, 9.17) is 0 Å². The SMILES string of the molecule is C/C(=N\c1ccccc1)N(C)C. The molecular weight excluding hydrogens is 148 g/mol. The third-order valence-electron chi connectivity index (χ3n) is 1.69. The van der Waals surface area contributed by atoms with E-state index in [1.165, 1.54) is 0 Å². The summed E-state index contributed by atoms with van der Waals surface area (Å²) in [6.07, 6.45) is 0. The fourth-order valence-corrected chi connectivity index (χ4v) is 0.789. The number of para-hydroxylation sites is 1. The minimum Gasteiger partial charge on any atom is -0.366 e. The largest absolute Gasteiger partial charge is 0.366 e. The predicted molar refractivity (Wildman–Crippen MR) is 52.9 cm³/mol. The molecule has 0 atom stereocenters. The second kappa shape index (κ2) is 3.90. The maximum Gasteiger partial charge on any atom is 0.101 e. The van der Waals surface area contributed by atoms with Gasteiger partial charge in [-0.05, 0) is 19.1 Å². The summed E-state index contributed by atoms with van der Waals surface area (Å²) in [5, 5.41) is 0. The fourth-order valence-electron chi connectivity index (χ4n) is 0.789. The zero-order valence-corrected chi connectivity index (χ0v) is 7.78. The highest BCUT2D eigenvalue weighted by atomic mass is 15.1. The Morgan fingerprint density at radius 3 is 2.25 bits per heavy atom. The summed E-state index contributed by atoms with van der Waals surface area (Å²) in [5.41, 5.74) is 1.00. The van der Waals surface area contributed by atoms with E-state index in [1.54, 1.807) is 0 Å². The van der Waals surface area contributed by atoms with Crippen molar-refractivity contribution in [1.82, 2.24) is 4.90 Å². The number of amidine groups is 1. The maximum atomic E-state index is 4.40. The standard InChI is InChI=1S/C10H14N2/c1-9(12(2)3)11-10-7-5-4-6-8-10/h4-8H,1-3H3/b11-9+. The van der Waals surface area contributed by atoms with Crippen LogP contribution in [0.4, 0.5) is 5.69 Å². The zero-order chi connectivity index (χ0) is 8.97. The molecule has 0 bridgehead atoms. The second-order valence-corrected chi connectivity index (χ2v) is 2.89. The number of hydrogen-bond donors (Lipinski definition) is 0. The molecule has 12 heavy (non-hydrogen) atoms. The van der Waals surface area contributed by atoms with Crippen LogP contribution in [-0.2, 0) is 0 Å². The van der Waals surface area contributed by atoms with E-state index < -0.39 is 0 Å². The third kappa shape index (κ3) is 2.38. The van der Waals surface area contributed by atoms with Gasteiger partial charge in [-0.1, -0.05) is 18.2 Å². The van der Waals surface area contributed by atoms with Gasteiger partial charge in [-0.15, -0.1) is 0 Å². The van der Waals surface area contributed by atoms with Crippen molar-refractivity contribution < 1.29 is 0 Å². The van der Waals surface area contributed by atoms with Crippen LogP contribution >= 0.6 is 0 Å². The van der Waals surface area contributed by atoms with Crippen LogP contribution in [0.25, 0.3) is 0 Å². The van der Waals surface area contributed by atoms with E-state index in [2.05, 4.69) is 4.99 Å². The van der Waals surface area contributed by atoms with E-state index in [0.717, 1.165) is 11.5 Å². The Morgan fingerprint density at radius 1 is 1.17 bits per heavy atom. The highest BCUT2D eigenvalue weighted by Gasteiger charge is 1.92. The Hall–Kier alpha value is -1.31. The highest BCUT2D eigenvalue weighted by Crippen LogP contribution is 2.10. The quantitative estimate of drug-likeness (QED) is 0.457. The lowest BCUT2D eigenvalue weighted by molar-refractivity contribution is 0.619. The monoisotopic (exact) mass is 162 g/mol. The Kier molecular flexibility index (Phi) is 2.86. The van der Waals surface area contributed by atoms with E-state index in [-0.39, 0.29) is 0 Å². The molecule has 0 saturated heterocycles. The lowest BCUT2D eigenvalue weighted by Crippen LogP contribution is -2.17. The van der Waals surface area contributed by atoms with Gasteiger partial charge in [-0.25, -0.2) is 4.99 Å². The Balaban J connectivity index is 2.81. The van der Waals surface area contributed by atoms with Crippen molar-refractivity contribution in [3.8, 4) is 0 Å². The van der Waals surface area contributed by atoms with Crippen molar-refractivity contribution in [3.63, 3.8) is 0 Å². The summed E-state index contributed by atoms with van der Waals surface area (Å²) < 4.78 is 0. The molecule has 0 heterocycles. The van der Waals surface area contributed by atoms with E-state index in [9.17, 15) is 0 Å². The first-order chi connectivity index (χ1) is 5.70. The van der Waals surface area contributed by atoms with Crippen LogP contribution in [0.2, 0.25) is 0 Å². The third-order valence-corrected chi connectivity index (χ3v) is 1.69. The van der Waals surface area contributed by atoms with Crippen molar-refractivity contribution >= 4 is 11.5 Å². The van der Waals surface area contributed by atoms with Gasteiger partial charge in [0.05, 0.1) is 5.69 Å². The van der Waals surface area contributed by atoms with Gasteiger partial charge in [0.25, 0.3) is 0 Å². The molecule has 0 aromatic heterocycles. The van der Waals surface area contributed by atoms with Crippen LogP contribution in [-0.4, -0.2) is 24.8 Å². The lowest BCUT2D eigenvalue weighted by atomic mass is 10.3. The highest BCUT2D eigenvalue weighted by molar-refractivity contribution is 5.81. The van der Waals surface area contributed by atoms with Gasteiger partial charge in [0.2, 0.25) is 0 Å². The number of nitrogens with zero attached hydrogens (tertiary/aromatic N) is 2. The summed E-state index contributed by atoms with van der Waals surface area (Å²) >= 11 is 0. The molecule has 0 spiro atoms. The number of benzene rings is 1. The van der Waals surface area contributed by atoms with Crippen LogP contribution in [0.15, 0.2) is 35.3 Å². The fraction of sp³-hybridized carbons (Fsp3) is 0.300. The molecule has 1 rings (SSSR count). The smallest absolute Gasteiger partial charge is 0.101 e. The summed E-state index contributed by atoms with van der Waals surface area (Å²) in [4.78, 5) is 6.39. The second-order valence-electron chi connectivity index (χ2n) is 2.89. The molecule has 0 aliphatic heterocycles. The molecule has 0 aliphatic rings. The molecule has 0 unspecified atom stereocenters. The minimum atomic E-state index is 1.00. The molecule has 0 aliphatic carbocycles. The molecule has 0 N–H and O–H groups in total. The summed E-state index contributed by atoms with van der Waals surface area (Å²) in [6, 6.07) is 9.95. The van der Waals surface area contributed by atoms with Crippen molar-refractivity contribution in [2.24, 2.45) is 4.99 Å².